The number of ether oxygens (including phenoxy) is 1. The van der Waals surface area contributed by atoms with Crippen molar-refractivity contribution in [3.8, 4) is 38.1 Å². The molecule has 2 amide bonds. The summed E-state index contributed by atoms with van der Waals surface area (Å²) in [7, 11) is 0. The van der Waals surface area contributed by atoms with E-state index in [1.165, 1.54) is 11.3 Å². The Bertz CT molecular complexity index is 2780. The number of carbonyl (C=O) groups is 3. The third kappa shape index (κ3) is 13.3. The van der Waals surface area contributed by atoms with Crippen LogP contribution in [0.25, 0.3) is 31.0 Å². The average molecular weight is 1020 g/mol. The number of aromatic hydroxyl groups is 2. The molecule has 14 heteroatoms. The molecule has 0 saturated carbocycles. The van der Waals surface area contributed by atoms with Crippen molar-refractivity contribution in [2.45, 2.75) is 130 Å². The maximum Gasteiger partial charge on any atom is 0.243 e. The van der Waals surface area contributed by atoms with Gasteiger partial charge in [0.05, 0.1) is 34.1 Å². The van der Waals surface area contributed by atoms with Gasteiger partial charge in [-0.2, -0.15) is 0 Å². The second kappa shape index (κ2) is 23.5. The molecule has 0 aliphatic carbocycles. The number of nitrogens with one attached hydrogen (secondary N) is 1. The molecule has 12 nitrogen and oxygen atoms in total. The maximum atomic E-state index is 14.4. The van der Waals surface area contributed by atoms with Gasteiger partial charge in [-0.15, -0.1) is 22.7 Å². The molecule has 72 heavy (non-hydrogen) atoms. The van der Waals surface area contributed by atoms with E-state index in [4.69, 9.17) is 10.5 Å². The number of fused-ring (bicyclic) bond motifs is 1. The van der Waals surface area contributed by atoms with Gasteiger partial charge < -0.3 is 36.0 Å². The standard InChI is InChI=1S/C58H73N5O7S2/c1-36(38-15-17-40(18-16-38)53-37(2)60-35-71-53)61-55(68)48-32-44(66)34-63(48)56(69)51(57(3,4)5)47(59)14-12-10-9-11-13-29-62(58(6,7)8)30-31-70-45-26-21-39(22-27-45)52(67)50-46-28-25-43(65)33-49(46)72-54(50)41-19-23-42(64)24-20-41/h15-28,33,35-36,44,47-48,51,64-66H,9-14,29-32,34,59H2,1-8H3,(H,61,68)/t36-,44+,47?,48-,51-/m0/s1. The molecular weight excluding hydrogens is 943 g/mol. The molecule has 6 aromatic rings. The topological polar surface area (TPSA) is 179 Å². The quantitative estimate of drug-likeness (QED) is 0.0344. The van der Waals surface area contributed by atoms with E-state index in [-0.39, 0.29) is 53.6 Å². The lowest BCUT2D eigenvalue weighted by Crippen LogP contribution is -2.54. The van der Waals surface area contributed by atoms with E-state index < -0.39 is 29.5 Å². The predicted molar refractivity (Wildman–Crippen MR) is 291 cm³/mol. The Labute approximate surface area is 433 Å². The van der Waals surface area contributed by atoms with Crippen molar-refractivity contribution in [1.82, 2.24) is 20.1 Å². The number of nitrogens with two attached hydrogens (primary N) is 1. The zero-order valence-corrected chi connectivity index (χ0v) is 44.7. The van der Waals surface area contributed by atoms with E-state index in [1.54, 1.807) is 70.8 Å². The zero-order chi connectivity index (χ0) is 51.9. The smallest absolute Gasteiger partial charge is 0.243 e. The predicted octanol–water partition coefficient (Wildman–Crippen LogP) is 11.3. The number of aliphatic hydroxyl groups is 1. The minimum absolute atomic E-state index is 0.0618. The van der Waals surface area contributed by atoms with Crippen LogP contribution in [0.1, 0.15) is 127 Å². The van der Waals surface area contributed by atoms with Crippen LogP contribution in [0.15, 0.2) is 96.5 Å². The monoisotopic (exact) mass is 1020 g/mol. The Morgan fingerprint density at radius 1 is 0.847 bits per heavy atom. The third-order valence-corrected chi connectivity index (χ3v) is 16.1. The van der Waals surface area contributed by atoms with Crippen LogP contribution < -0.4 is 15.8 Å². The van der Waals surface area contributed by atoms with Gasteiger partial charge in [0.25, 0.3) is 0 Å². The Kier molecular flexibility index (Phi) is 17.7. The number of phenols is 2. The van der Waals surface area contributed by atoms with E-state index in [9.17, 15) is 29.7 Å². The maximum absolute atomic E-state index is 14.4. The van der Waals surface area contributed by atoms with E-state index in [1.807, 2.05) is 76.5 Å². The molecule has 0 radical (unpaired) electrons. The van der Waals surface area contributed by atoms with Crippen LogP contribution in [-0.2, 0) is 9.59 Å². The minimum Gasteiger partial charge on any atom is -0.508 e. The number of carbonyl (C=O) groups excluding carboxylic acids is 3. The van der Waals surface area contributed by atoms with Crippen molar-refractivity contribution in [1.29, 1.82) is 0 Å². The molecule has 0 spiro atoms. The average Bonchev–Trinajstić information content (AvgIpc) is 4.06. The number of rotatable bonds is 21. The van der Waals surface area contributed by atoms with Gasteiger partial charge in [0.2, 0.25) is 11.8 Å². The summed E-state index contributed by atoms with van der Waals surface area (Å²) in [6.45, 7) is 18.9. The number of β-amino-alcohol motifs (C(OH)–C–C–N with tert-alkyl or cyclic N) is 1. The summed E-state index contributed by atoms with van der Waals surface area (Å²) >= 11 is 3.03. The van der Waals surface area contributed by atoms with Crippen molar-refractivity contribution in [3.63, 3.8) is 0 Å². The molecular formula is C58H73N5O7S2. The number of unbranched alkanes of at least 4 members (excludes halogenated alkanes) is 4. The number of ketones is 1. The Hall–Kier alpha value is -5.64. The number of hydrogen-bond acceptors (Lipinski definition) is 12. The van der Waals surface area contributed by atoms with Gasteiger partial charge in [-0.1, -0.05) is 70.7 Å². The molecule has 384 valence electrons. The van der Waals surface area contributed by atoms with Crippen molar-refractivity contribution in [3.05, 3.63) is 119 Å². The van der Waals surface area contributed by atoms with Gasteiger partial charge in [0, 0.05) is 57.2 Å². The van der Waals surface area contributed by atoms with Crippen LogP contribution in [0.3, 0.4) is 0 Å². The first-order valence-corrected chi connectivity index (χ1v) is 27.0. The van der Waals surface area contributed by atoms with Gasteiger partial charge in [0.15, 0.2) is 5.78 Å². The summed E-state index contributed by atoms with van der Waals surface area (Å²) < 4.78 is 7.02. The van der Waals surface area contributed by atoms with Crippen molar-refractivity contribution < 1.29 is 34.4 Å². The highest BCUT2D eigenvalue weighted by atomic mass is 32.1. The Morgan fingerprint density at radius 2 is 1.49 bits per heavy atom. The van der Waals surface area contributed by atoms with Gasteiger partial charge in [0.1, 0.15) is 29.9 Å². The number of aliphatic hydroxyl groups excluding tert-OH is 1. The summed E-state index contributed by atoms with van der Waals surface area (Å²) in [6.07, 6.45) is 5.11. The van der Waals surface area contributed by atoms with E-state index in [0.717, 1.165) is 87.4 Å². The van der Waals surface area contributed by atoms with Crippen LogP contribution in [0.2, 0.25) is 0 Å². The van der Waals surface area contributed by atoms with Gasteiger partial charge in [-0.25, -0.2) is 4.98 Å². The number of aryl methyl sites for hydroxylation is 1. The van der Waals surface area contributed by atoms with Gasteiger partial charge in [-0.3, -0.25) is 19.3 Å². The number of hydrogen-bond donors (Lipinski definition) is 5. The van der Waals surface area contributed by atoms with Gasteiger partial charge in [-0.05, 0) is 143 Å². The van der Waals surface area contributed by atoms with E-state index in [0.29, 0.717) is 29.9 Å². The molecule has 1 aliphatic heterocycles. The first kappa shape index (κ1) is 54.1. The second-order valence-electron chi connectivity index (χ2n) is 21.5. The normalized spacial score (nSPS) is 16.5. The van der Waals surface area contributed by atoms with E-state index >= 15 is 0 Å². The molecule has 4 aromatic carbocycles. The number of aromatic nitrogens is 1. The molecule has 6 N–H and O–H groups in total. The summed E-state index contributed by atoms with van der Waals surface area (Å²) in [5, 5.41) is 34.7. The molecule has 1 aliphatic rings. The number of likely N-dealkylation sites (tertiary alicyclic amines) is 1. The fraction of sp³-hybridized carbons (Fsp3) is 0.448. The minimum atomic E-state index is -0.789. The fourth-order valence-electron chi connectivity index (χ4n) is 9.99. The Balaban J connectivity index is 0.854. The van der Waals surface area contributed by atoms with Crippen molar-refractivity contribution >= 4 is 50.4 Å². The number of thiophene rings is 1. The van der Waals surface area contributed by atoms with Crippen LogP contribution >= 0.6 is 22.7 Å². The second-order valence-corrected chi connectivity index (χ2v) is 23.4. The molecule has 1 fully saturated rings. The van der Waals surface area contributed by atoms with Crippen molar-refractivity contribution in [2.75, 3.05) is 26.2 Å². The number of amides is 2. The lowest BCUT2D eigenvalue weighted by molar-refractivity contribution is -0.145. The largest absolute Gasteiger partial charge is 0.508 e. The first-order valence-electron chi connectivity index (χ1n) is 25.3. The van der Waals surface area contributed by atoms with Crippen LogP contribution in [0.4, 0.5) is 0 Å². The number of benzene rings is 4. The third-order valence-electron chi connectivity index (χ3n) is 14.0. The molecule has 3 heterocycles. The Morgan fingerprint density at radius 3 is 2.14 bits per heavy atom. The summed E-state index contributed by atoms with van der Waals surface area (Å²) in [4.78, 5) is 52.5. The number of phenolic OH excluding ortho intramolecular Hbond substituents is 2. The van der Waals surface area contributed by atoms with Crippen LogP contribution in [0.5, 0.6) is 17.2 Å². The summed E-state index contributed by atoms with van der Waals surface area (Å²) in [5.74, 6) is -0.132. The van der Waals surface area contributed by atoms with Crippen LogP contribution in [0, 0.1) is 18.3 Å². The highest BCUT2D eigenvalue weighted by molar-refractivity contribution is 7.22. The number of nitrogens with zero attached hydrogens (tertiary/aromatic N) is 3. The number of thiazole rings is 1. The molecule has 2 aromatic heterocycles. The fourth-order valence-corrected chi connectivity index (χ4v) is 12.0. The summed E-state index contributed by atoms with van der Waals surface area (Å²) in [5.41, 5.74) is 13.1. The van der Waals surface area contributed by atoms with Crippen LogP contribution in [-0.4, -0.2) is 97.7 Å². The molecule has 1 saturated heterocycles. The van der Waals surface area contributed by atoms with E-state index in [2.05, 4.69) is 36.0 Å². The SMILES string of the molecule is Cc1ncsc1-c1ccc([C@H](C)NC(=O)[C@@H]2C[C@@H](O)CN2C(=O)[C@H](C(N)CCCCCCCN(CCOc2ccc(C(=O)c3c(-c4ccc(O)cc4)sc4cc(O)ccc34)cc2)C(C)(C)C)C(C)(C)C)cc1. The highest BCUT2D eigenvalue weighted by Gasteiger charge is 2.46. The molecule has 7 rings (SSSR count). The first-order chi connectivity index (χ1) is 34.2. The zero-order valence-electron chi connectivity index (χ0n) is 43.1. The van der Waals surface area contributed by atoms with Gasteiger partial charge >= 0.3 is 0 Å². The lowest BCUT2D eigenvalue weighted by Gasteiger charge is -2.38. The summed E-state index contributed by atoms with van der Waals surface area (Å²) in [6, 6.07) is 25.7. The molecule has 5 atom stereocenters. The molecule has 1 unspecified atom stereocenters. The lowest BCUT2D eigenvalue weighted by atomic mass is 9.74. The highest BCUT2D eigenvalue weighted by Crippen LogP contribution is 2.42. The van der Waals surface area contributed by atoms with Crippen molar-refractivity contribution in [2.24, 2.45) is 17.1 Å². The molecule has 0 bridgehead atoms.